The average molecular weight is 227 g/mol. The fourth-order valence-corrected chi connectivity index (χ4v) is 1.84. The number of nitro benzene ring substituents is 1. The lowest BCUT2D eigenvalue weighted by Gasteiger charge is -2.16. The summed E-state index contributed by atoms with van der Waals surface area (Å²) >= 11 is 5.70. The number of ketones is 1. The summed E-state index contributed by atoms with van der Waals surface area (Å²) in [5.41, 5.74) is 0.285. The van der Waals surface area contributed by atoms with Gasteiger partial charge in [0.2, 0.25) is 0 Å². The van der Waals surface area contributed by atoms with Crippen molar-refractivity contribution in [3.63, 3.8) is 0 Å². The minimum absolute atomic E-state index is 0.00389. The molecule has 2 rings (SSSR count). The van der Waals surface area contributed by atoms with Gasteiger partial charge < -0.3 is 5.32 Å². The first kappa shape index (κ1) is 9.92. The van der Waals surface area contributed by atoms with Crippen LogP contribution in [0.25, 0.3) is 0 Å². The van der Waals surface area contributed by atoms with Crippen LogP contribution in [0.1, 0.15) is 16.8 Å². The predicted molar refractivity (Wildman–Crippen MR) is 55.5 cm³/mol. The summed E-state index contributed by atoms with van der Waals surface area (Å²) in [6.07, 6.45) is 0.258. The van der Waals surface area contributed by atoms with Gasteiger partial charge in [0.15, 0.2) is 5.78 Å². The van der Waals surface area contributed by atoms with Crippen LogP contribution >= 0.6 is 11.6 Å². The van der Waals surface area contributed by atoms with E-state index in [9.17, 15) is 14.9 Å². The van der Waals surface area contributed by atoms with Crippen molar-refractivity contribution < 1.29 is 9.72 Å². The number of nitrogens with zero attached hydrogens (tertiary/aromatic N) is 1. The van der Waals surface area contributed by atoms with E-state index in [1.807, 2.05) is 0 Å². The number of rotatable bonds is 1. The number of benzene rings is 1. The standard InChI is InChI=1S/C9H7ClN2O3/c10-5-1-2-6-8(9(5)12(14)15)7(13)3-4-11-6/h1-2,11H,3-4H2. The monoisotopic (exact) mass is 226 g/mol. The lowest BCUT2D eigenvalue weighted by Crippen LogP contribution is -2.19. The van der Waals surface area contributed by atoms with Crippen LogP contribution < -0.4 is 5.32 Å². The third kappa shape index (κ3) is 1.55. The molecular formula is C9H7ClN2O3. The number of carbonyl (C=O) groups is 1. The molecule has 0 unspecified atom stereocenters. The Kier molecular flexibility index (Phi) is 2.32. The van der Waals surface area contributed by atoms with Gasteiger partial charge in [-0.15, -0.1) is 0 Å². The molecular weight excluding hydrogens is 220 g/mol. The normalized spacial score (nSPS) is 14.3. The summed E-state index contributed by atoms with van der Waals surface area (Å²) in [7, 11) is 0. The van der Waals surface area contributed by atoms with E-state index in [-0.39, 0.29) is 28.5 Å². The number of hydrogen-bond acceptors (Lipinski definition) is 4. The Bertz CT molecular complexity index is 459. The minimum atomic E-state index is -0.619. The van der Waals surface area contributed by atoms with Gasteiger partial charge in [0.25, 0.3) is 0 Å². The van der Waals surface area contributed by atoms with Crippen molar-refractivity contribution in [3.8, 4) is 0 Å². The maximum Gasteiger partial charge on any atom is 0.300 e. The summed E-state index contributed by atoms with van der Waals surface area (Å²) in [5.74, 6) is -0.238. The van der Waals surface area contributed by atoms with Gasteiger partial charge in [-0.1, -0.05) is 11.6 Å². The minimum Gasteiger partial charge on any atom is -0.384 e. The molecule has 6 heteroatoms. The highest BCUT2D eigenvalue weighted by atomic mass is 35.5. The molecule has 5 nitrogen and oxygen atoms in total. The first-order valence-electron chi connectivity index (χ1n) is 4.35. The van der Waals surface area contributed by atoms with Crippen LogP contribution in [0.15, 0.2) is 12.1 Å². The maximum atomic E-state index is 11.6. The highest BCUT2D eigenvalue weighted by Gasteiger charge is 2.29. The van der Waals surface area contributed by atoms with Crippen LogP contribution in [0.4, 0.5) is 11.4 Å². The van der Waals surface area contributed by atoms with E-state index in [0.717, 1.165) is 0 Å². The molecule has 1 aliphatic heterocycles. The van der Waals surface area contributed by atoms with E-state index < -0.39 is 4.92 Å². The molecule has 0 aromatic heterocycles. The molecule has 0 aliphatic carbocycles. The van der Waals surface area contributed by atoms with Crippen LogP contribution in [-0.4, -0.2) is 17.3 Å². The van der Waals surface area contributed by atoms with Crippen LogP contribution in [0.2, 0.25) is 5.02 Å². The van der Waals surface area contributed by atoms with Gasteiger partial charge in [-0.25, -0.2) is 0 Å². The first-order chi connectivity index (χ1) is 7.11. The molecule has 1 aliphatic rings. The Morgan fingerprint density at radius 3 is 2.87 bits per heavy atom. The number of hydrogen-bond donors (Lipinski definition) is 1. The Morgan fingerprint density at radius 1 is 1.47 bits per heavy atom. The number of nitrogens with one attached hydrogen (secondary N) is 1. The van der Waals surface area contributed by atoms with Crippen molar-refractivity contribution in [1.82, 2.24) is 0 Å². The molecule has 0 fully saturated rings. The molecule has 1 heterocycles. The number of anilines is 1. The van der Waals surface area contributed by atoms with Crippen molar-refractivity contribution >= 4 is 28.8 Å². The van der Waals surface area contributed by atoms with E-state index in [0.29, 0.717) is 12.2 Å². The second-order valence-electron chi connectivity index (χ2n) is 3.18. The first-order valence-corrected chi connectivity index (χ1v) is 4.73. The molecule has 0 spiro atoms. The van der Waals surface area contributed by atoms with Crippen molar-refractivity contribution in [2.24, 2.45) is 0 Å². The molecule has 0 radical (unpaired) electrons. The van der Waals surface area contributed by atoms with Gasteiger partial charge in [0.05, 0.1) is 10.6 Å². The molecule has 0 bridgehead atoms. The van der Waals surface area contributed by atoms with Crippen LogP contribution in [0.5, 0.6) is 0 Å². The quantitative estimate of drug-likeness (QED) is 0.589. The lowest BCUT2D eigenvalue weighted by molar-refractivity contribution is -0.384. The van der Waals surface area contributed by atoms with Crippen molar-refractivity contribution in [2.45, 2.75) is 6.42 Å². The second-order valence-corrected chi connectivity index (χ2v) is 3.58. The Labute approximate surface area is 90.2 Å². The van der Waals surface area contributed by atoms with Crippen molar-refractivity contribution in [3.05, 3.63) is 32.8 Å². The fraction of sp³-hybridized carbons (Fsp3) is 0.222. The fourth-order valence-electron chi connectivity index (χ4n) is 1.61. The SMILES string of the molecule is O=C1CCNc2ccc(Cl)c([N+](=O)[O-])c21. The van der Waals surface area contributed by atoms with E-state index in [1.54, 1.807) is 6.07 Å². The molecule has 0 amide bonds. The largest absolute Gasteiger partial charge is 0.384 e. The highest BCUT2D eigenvalue weighted by molar-refractivity contribution is 6.34. The zero-order chi connectivity index (χ0) is 11.0. The molecule has 1 aromatic carbocycles. The third-order valence-corrected chi connectivity index (χ3v) is 2.56. The van der Waals surface area contributed by atoms with Crippen molar-refractivity contribution in [2.75, 3.05) is 11.9 Å². The molecule has 0 saturated heterocycles. The summed E-state index contributed by atoms with van der Waals surface area (Å²) < 4.78 is 0. The summed E-state index contributed by atoms with van der Waals surface area (Å²) in [4.78, 5) is 21.7. The van der Waals surface area contributed by atoms with Gasteiger partial charge in [0, 0.05) is 13.0 Å². The summed E-state index contributed by atoms with van der Waals surface area (Å²) in [5, 5.41) is 13.7. The van der Waals surface area contributed by atoms with Gasteiger partial charge >= 0.3 is 5.69 Å². The molecule has 0 saturated carbocycles. The Hall–Kier alpha value is -1.62. The highest BCUT2D eigenvalue weighted by Crippen LogP contribution is 2.36. The molecule has 0 atom stereocenters. The van der Waals surface area contributed by atoms with Crippen LogP contribution in [0.3, 0.4) is 0 Å². The molecule has 1 N–H and O–H groups in total. The molecule has 15 heavy (non-hydrogen) atoms. The maximum absolute atomic E-state index is 11.6. The Morgan fingerprint density at radius 2 is 2.20 bits per heavy atom. The summed E-state index contributed by atoms with van der Waals surface area (Å²) in [6.45, 7) is 0.505. The molecule has 1 aromatic rings. The zero-order valence-electron chi connectivity index (χ0n) is 7.62. The zero-order valence-corrected chi connectivity index (χ0v) is 8.37. The topological polar surface area (TPSA) is 72.2 Å². The number of nitro groups is 1. The van der Waals surface area contributed by atoms with Gasteiger partial charge in [-0.2, -0.15) is 0 Å². The van der Waals surface area contributed by atoms with Crippen LogP contribution in [0, 0.1) is 10.1 Å². The number of carbonyl (C=O) groups excluding carboxylic acids is 1. The van der Waals surface area contributed by atoms with Gasteiger partial charge in [0.1, 0.15) is 10.6 Å². The van der Waals surface area contributed by atoms with Gasteiger partial charge in [-0.05, 0) is 12.1 Å². The predicted octanol–water partition coefficient (Wildman–Crippen LogP) is 2.25. The summed E-state index contributed by atoms with van der Waals surface area (Å²) in [6, 6.07) is 3.01. The second kappa shape index (κ2) is 3.51. The van der Waals surface area contributed by atoms with Crippen LogP contribution in [-0.2, 0) is 0 Å². The molecule has 78 valence electrons. The van der Waals surface area contributed by atoms with E-state index in [2.05, 4.69) is 5.32 Å². The number of halogens is 1. The van der Waals surface area contributed by atoms with E-state index in [1.165, 1.54) is 6.07 Å². The Balaban J connectivity index is 2.71. The number of Topliss-reactive ketones (excluding diaryl/α,β-unsaturated/α-hetero) is 1. The smallest absolute Gasteiger partial charge is 0.300 e. The van der Waals surface area contributed by atoms with Crippen molar-refractivity contribution in [1.29, 1.82) is 0 Å². The third-order valence-electron chi connectivity index (χ3n) is 2.26. The van der Waals surface area contributed by atoms with E-state index in [4.69, 9.17) is 11.6 Å². The lowest BCUT2D eigenvalue weighted by atomic mass is 10.0. The van der Waals surface area contributed by atoms with E-state index >= 15 is 0 Å². The van der Waals surface area contributed by atoms with Gasteiger partial charge in [-0.3, -0.25) is 14.9 Å². The number of fused-ring (bicyclic) bond motifs is 1. The average Bonchev–Trinajstić information content (AvgIpc) is 2.18.